The molecule has 2 aromatic rings. The molecule has 0 saturated carbocycles. The first-order valence-corrected chi connectivity index (χ1v) is 7.66. The number of nitrogens with one attached hydrogen (secondary N) is 1. The lowest BCUT2D eigenvalue weighted by atomic mass is 10.1. The number of thiocarbonyl (C=S) groups is 1. The molecule has 0 radical (unpaired) electrons. The van der Waals surface area contributed by atoms with Gasteiger partial charge in [0.2, 0.25) is 0 Å². The quantitative estimate of drug-likeness (QED) is 0.817. The van der Waals surface area contributed by atoms with Crippen molar-refractivity contribution in [3.8, 4) is 0 Å². The molecule has 3 N–H and O–H groups in total. The summed E-state index contributed by atoms with van der Waals surface area (Å²) in [5, 5.41) is 8.30. The Hall–Kier alpha value is -1.10. The van der Waals surface area contributed by atoms with Gasteiger partial charge in [-0.05, 0) is 53.9 Å². The Morgan fingerprint density at radius 1 is 1.47 bits per heavy atom. The molecule has 0 fully saturated rings. The van der Waals surface area contributed by atoms with Gasteiger partial charge in [-0.1, -0.05) is 23.8 Å². The SMILES string of the molecule is CC(Cc1ccsc1)Nc1ccc(C(N)=S)cc1Cl. The Morgan fingerprint density at radius 3 is 2.84 bits per heavy atom. The maximum absolute atomic E-state index is 6.22. The molecule has 1 unspecified atom stereocenters. The zero-order valence-corrected chi connectivity index (χ0v) is 12.9. The van der Waals surface area contributed by atoms with Gasteiger partial charge < -0.3 is 11.1 Å². The summed E-state index contributed by atoms with van der Waals surface area (Å²) in [5.41, 5.74) is 8.61. The first-order chi connectivity index (χ1) is 9.06. The predicted octanol–water partition coefficient (Wildman–Crippen LogP) is 4.08. The molecule has 1 atom stereocenters. The Kier molecular flexibility index (Phi) is 4.80. The molecule has 19 heavy (non-hydrogen) atoms. The summed E-state index contributed by atoms with van der Waals surface area (Å²) in [6.07, 6.45) is 0.969. The van der Waals surface area contributed by atoms with E-state index in [0.29, 0.717) is 16.1 Å². The Labute approximate surface area is 127 Å². The lowest BCUT2D eigenvalue weighted by Crippen LogP contribution is -2.18. The van der Waals surface area contributed by atoms with Crippen LogP contribution in [0.25, 0.3) is 0 Å². The van der Waals surface area contributed by atoms with Crippen molar-refractivity contribution in [3.05, 3.63) is 51.2 Å². The molecule has 0 aliphatic carbocycles. The van der Waals surface area contributed by atoms with Crippen molar-refractivity contribution in [2.24, 2.45) is 5.73 Å². The molecule has 0 spiro atoms. The van der Waals surface area contributed by atoms with E-state index in [9.17, 15) is 0 Å². The van der Waals surface area contributed by atoms with Crippen molar-refractivity contribution in [2.45, 2.75) is 19.4 Å². The lowest BCUT2D eigenvalue weighted by molar-refractivity contribution is 0.793. The number of hydrogen-bond donors (Lipinski definition) is 2. The molecule has 0 amide bonds. The third kappa shape index (κ3) is 3.93. The van der Waals surface area contributed by atoms with Gasteiger partial charge in [-0.15, -0.1) is 0 Å². The van der Waals surface area contributed by atoms with E-state index in [1.807, 2.05) is 12.1 Å². The van der Waals surface area contributed by atoms with Crippen molar-refractivity contribution in [2.75, 3.05) is 5.32 Å². The monoisotopic (exact) mass is 310 g/mol. The standard InChI is InChI=1S/C14H15ClN2S2/c1-9(6-10-4-5-19-8-10)17-13-3-2-11(14(16)18)7-12(13)15/h2-5,7-9,17H,6H2,1H3,(H2,16,18). The zero-order valence-electron chi connectivity index (χ0n) is 10.5. The van der Waals surface area contributed by atoms with Crippen LogP contribution in [-0.2, 0) is 6.42 Å². The van der Waals surface area contributed by atoms with Gasteiger partial charge in [-0.2, -0.15) is 11.3 Å². The third-order valence-corrected chi connectivity index (χ3v) is 4.06. The van der Waals surface area contributed by atoms with Gasteiger partial charge in [0, 0.05) is 11.6 Å². The second kappa shape index (κ2) is 6.37. The second-order valence-electron chi connectivity index (χ2n) is 4.44. The van der Waals surface area contributed by atoms with Gasteiger partial charge in [0.05, 0.1) is 10.7 Å². The van der Waals surface area contributed by atoms with E-state index >= 15 is 0 Å². The van der Waals surface area contributed by atoms with Crippen LogP contribution in [0.1, 0.15) is 18.1 Å². The molecule has 1 aromatic carbocycles. The van der Waals surface area contributed by atoms with Crippen molar-refractivity contribution in [3.63, 3.8) is 0 Å². The molecule has 1 aromatic heterocycles. The highest BCUT2D eigenvalue weighted by Gasteiger charge is 2.08. The summed E-state index contributed by atoms with van der Waals surface area (Å²) < 4.78 is 0. The summed E-state index contributed by atoms with van der Waals surface area (Å²) in [4.78, 5) is 0.361. The van der Waals surface area contributed by atoms with E-state index in [1.54, 1.807) is 17.4 Å². The van der Waals surface area contributed by atoms with E-state index in [1.165, 1.54) is 5.56 Å². The molecule has 1 heterocycles. The Morgan fingerprint density at radius 2 is 2.26 bits per heavy atom. The van der Waals surface area contributed by atoms with E-state index < -0.39 is 0 Å². The predicted molar refractivity (Wildman–Crippen MR) is 88.4 cm³/mol. The van der Waals surface area contributed by atoms with Crippen LogP contribution in [0.3, 0.4) is 0 Å². The molecule has 0 saturated heterocycles. The molecular weight excluding hydrogens is 296 g/mol. The van der Waals surface area contributed by atoms with Gasteiger partial charge in [0.25, 0.3) is 0 Å². The fraction of sp³-hybridized carbons (Fsp3) is 0.214. The summed E-state index contributed by atoms with van der Waals surface area (Å²) in [6, 6.07) is 8.04. The first-order valence-electron chi connectivity index (χ1n) is 5.93. The topological polar surface area (TPSA) is 38.0 Å². The van der Waals surface area contributed by atoms with E-state index in [4.69, 9.17) is 29.6 Å². The number of halogens is 1. The first kappa shape index (κ1) is 14.3. The number of nitrogens with two attached hydrogens (primary N) is 1. The van der Waals surface area contributed by atoms with Gasteiger partial charge in [-0.3, -0.25) is 0 Å². The van der Waals surface area contributed by atoms with Crippen molar-refractivity contribution in [1.29, 1.82) is 0 Å². The number of rotatable bonds is 5. The Balaban J connectivity index is 2.04. The van der Waals surface area contributed by atoms with Gasteiger partial charge in [0.15, 0.2) is 0 Å². The molecule has 0 aliphatic rings. The zero-order chi connectivity index (χ0) is 13.8. The fourth-order valence-electron chi connectivity index (χ4n) is 1.86. The van der Waals surface area contributed by atoms with Crippen molar-refractivity contribution in [1.82, 2.24) is 0 Å². The molecule has 5 heteroatoms. The summed E-state index contributed by atoms with van der Waals surface area (Å²) in [6.45, 7) is 2.13. The van der Waals surface area contributed by atoms with Crippen molar-refractivity contribution < 1.29 is 0 Å². The van der Waals surface area contributed by atoms with Crippen LogP contribution < -0.4 is 11.1 Å². The van der Waals surface area contributed by atoms with Crippen LogP contribution in [0.4, 0.5) is 5.69 Å². The Bertz CT molecular complexity index is 567. The molecule has 0 bridgehead atoms. The minimum Gasteiger partial charge on any atom is -0.389 e. The smallest absolute Gasteiger partial charge is 0.104 e. The van der Waals surface area contributed by atoms with Crippen LogP contribution in [0.5, 0.6) is 0 Å². The van der Waals surface area contributed by atoms with Gasteiger partial charge >= 0.3 is 0 Å². The lowest BCUT2D eigenvalue weighted by Gasteiger charge is -2.16. The van der Waals surface area contributed by atoms with E-state index in [0.717, 1.165) is 17.7 Å². The normalized spacial score (nSPS) is 12.1. The highest BCUT2D eigenvalue weighted by molar-refractivity contribution is 7.80. The number of anilines is 1. The largest absolute Gasteiger partial charge is 0.389 e. The summed E-state index contributed by atoms with van der Waals surface area (Å²) in [7, 11) is 0. The highest BCUT2D eigenvalue weighted by Crippen LogP contribution is 2.24. The number of thiophene rings is 1. The van der Waals surface area contributed by atoms with Crippen molar-refractivity contribution >= 4 is 45.8 Å². The maximum Gasteiger partial charge on any atom is 0.104 e. The molecule has 2 rings (SSSR count). The molecule has 100 valence electrons. The van der Waals surface area contributed by atoms with Gasteiger partial charge in [0.1, 0.15) is 4.99 Å². The number of benzene rings is 1. The molecular formula is C14H15ClN2S2. The highest BCUT2D eigenvalue weighted by atomic mass is 35.5. The molecule has 2 nitrogen and oxygen atoms in total. The van der Waals surface area contributed by atoms with Crippen LogP contribution in [0, 0.1) is 0 Å². The average Bonchev–Trinajstić information content (AvgIpc) is 2.84. The minimum absolute atomic E-state index is 0.308. The van der Waals surface area contributed by atoms with E-state index in [2.05, 4.69) is 29.1 Å². The summed E-state index contributed by atoms with van der Waals surface area (Å²) in [5.74, 6) is 0. The third-order valence-electron chi connectivity index (χ3n) is 2.78. The maximum atomic E-state index is 6.22. The van der Waals surface area contributed by atoms with Crippen LogP contribution in [0.2, 0.25) is 5.02 Å². The fourth-order valence-corrected chi connectivity index (χ4v) is 2.91. The number of hydrogen-bond acceptors (Lipinski definition) is 3. The van der Waals surface area contributed by atoms with Crippen LogP contribution in [0.15, 0.2) is 35.0 Å². The second-order valence-corrected chi connectivity index (χ2v) is 6.07. The van der Waals surface area contributed by atoms with Gasteiger partial charge in [-0.25, -0.2) is 0 Å². The summed E-state index contributed by atoms with van der Waals surface area (Å²) >= 11 is 12.9. The minimum atomic E-state index is 0.308. The average molecular weight is 311 g/mol. The van der Waals surface area contributed by atoms with Crippen LogP contribution >= 0.6 is 35.2 Å². The molecule has 0 aliphatic heterocycles. The van der Waals surface area contributed by atoms with E-state index in [-0.39, 0.29) is 0 Å². The van der Waals surface area contributed by atoms with Crippen LogP contribution in [-0.4, -0.2) is 11.0 Å².